The average molecular weight is 519 g/mol. The van der Waals surface area contributed by atoms with E-state index in [4.69, 9.17) is 0 Å². The summed E-state index contributed by atoms with van der Waals surface area (Å²) in [5.41, 5.74) is -0.679. The number of hydrogen-bond acceptors (Lipinski definition) is 4. The second-order valence-corrected chi connectivity index (χ2v) is 16.2. The maximum atomic E-state index is 12.9. The normalized spacial score (nSPS) is 30.2. The minimum atomic E-state index is -0.774. The van der Waals surface area contributed by atoms with E-state index in [0.717, 1.165) is 89.9 Å². The van der Waals surface area contributed by atoms with Gasteiger partial charge in [-0.05, 0) is 125 Å². The fraction of sp³-hybridized carbons (Fsp3) is 0.963. The summed E-state index contributed by atoms with van der Waals surface area (Å²) in [5, 5.41) is 19.8. The molecular formula is C27H50O5S2. The lowest BCUT2D eigenvalue weighted by molar-refractivity contribution is -0.147. The highest BCUT2D eigenvalue weighted by Gasteiger charge is 2.40. The zero-order chi connectivity index (χ0) is 25.4. The third-order valence-corrected chi connectivity index (χ3v) is 12.7. The van der Waals surface area contributed by atoms with Crippen molar-refractivity contribution in [1.82, 2.24) is 0 Å². The van der Waals surface area contributed by atoms with Gasteiger partial charge in [-0.1, -0.05) is 26.7 Å². The molecule has 0 bridgehead atoms. The van der Waals surface area contributed by atoms with Gasteiger partial charge in [0.05, 0.1) is 5.41 Å². The first kappa shape index (κ1) is 30.3. The first-order valence-corrected chi connectivity index (χ1v) is 16.1. The van der Waals surface area contributed by atoms with Gasteiger partial charge in [-0.3, -0.25) is 4.79 Å². The summed E-state index contributed by atoms with van der Waals surface area (Å²) in [6.07, 6.45) is 15.0. The van der Waals surface area contributed by atoms with E-state index in [1.165, 1.54) is 0 Å². The monoisotopic (exact) mass is 518 g/mol. The molecule has 0 aromatic carbocycles. The lowest BCUT2D eigenvalue weighted by Gasteiger charge is -2.23. The highest BCUT2D eigenvalue weighted by molar-refractivity contribution is 7.93. The molecule has 0 amide bonds. The molecule has 200 valence electrons. The van der Waals surface area contributed by atoms with Gasteiger partial charge in [0.1, 0.15) is 21.0 Å². The van der Waals surface area contributed by atoms with Crippen LogP contribution in [-0.4, -0.2) is 52.9 Å². The third-order valence-electron chi connectivity index (χ3n) is 8.20. The Hall–Kier alpha value is 0.0500. The topological polar surface area (TPSA) is 104 Å². The molecule has 5 nitrogen and oxygen atoms in total. The van der Waals surface area contributed by atoms with Crippen LogP contribution in [0.3, 0.4) is 0 Å². The number of aliphatic carboxylic acids is 1. The molecule has 0 aromatic rings. The molecular weight excluding hydrogens is 468 g/mol. The van der Waals surface area contributed by atoms with Crippen LogP contribution in [0.5, 0.6) is 0 Å². The molecule has 2 rings (SSSR count). The quantitative estimate of drug-likeness (QED) is 0.194. The maximum Gasteiger partial charge on any atom is 0.309 e. The predicted molar refractivity (Wildman–Crippen MR) is 143 cm³/mol. The summed E-state index contributed by atoms with van der Waals surface area (Å²) in [6.45, 7) is 7.97. The van der Waals surface area contributed by atoms with Crippen LogP contribution in [0.25, 0.3) is 0 Å². The van der Waals surface area contributed by atoms with Crippen molar-refractivity contribution in [2.75, 3.05) is 6.61 Å². The number of unbranched alkanes of at least 4 members (excludes halogenated alkanes) is 2. The van der Waals surface area contributed by atoms with Crippen molar-refractivity contribution < 1.29 is 24.1 Å². The second-order valence-electron chi connectivity index (χ2n) is 12.2. The molecule has 6 unspecified atom stereocenters. The fourth-order valence-electron chi connectivity index (χ4n) is 5.47. The molecule has 2 saturated heterocycles. The van der Waals surface area contributed by atoms with Crippen LogP contribution in [0.15, 0.2) is 0 Å². The number of aliphatic hydroxyl groups is 1. The van der Waals surface area contributed by atoms with Crippen molar-refractivity contribution in [2.45, 2.75) is 145 Å². The minimum absolute atomic E-state index is 0.00599. The van der Waals surface area contributed by atoms with E-state index in [1.54, 1.807) is 13.8 Å². The summed E-state index contributed by atoms with van der Waals surface area (Å²) in [5.74, 6) is -0.742. The van der Waals surface area contributed by atoms with E-state index in [2.05, 4.69) is 13.8 Å². The number of carboxylic acids is 1. The molecule has 2 fully saturated rings. The van der Waals surface area contributed by atoms with Crippen LogP contribution in [-0.2, 0) is 27.1 Å². The molecule has 2 N–H and O–H groups in total. The van der Waals surface area contributed by atoms with Crippen LogP contribution < -0.4 is 0 Å². The first-order chi connectivity index (χ1) is 16.0. The predicted octanol–water partition coefficient (Wildman–Crippen LogP) is 5.97. The molecule has 0 spiro atoms. The van der Waals surface area contributed by atoms with Crippen molar-refractivity contribution in [3.05, 3.63) is 0 Å². The molecule has 2 aliphatic rings. The van der Waals surface area contributed by atoms with E-state index in [0.29, 0.717) is 22.2 Å². The second kappa shape index (κ2) is 14.1. The summed E-state index contributed by atoms with van der Waals surface area (Å²) in [7, 11) is 0. The van der Waals surface area contributed by atoms with Crippen molar-refractivity contribution >= 4 is 28.3 Å². The number of carbonyl (C=O) groups is 1. The van der Waals surface area contributed by atoms with Gasteiger partial charge in [0, 0.05) is 6.61 Å². The standard InChI is InChI=1S/C27H50O5S2/c1-26(2,20-28)18-7-5-10-21-14-16-23(33(21)31)12-9-13-24-17-15-22(34(24)32)11-6-8-19-27(3,4)25(29)30/h21-24,28H,5-20H2,1-4H3,(H,29,30). The van der Waals surface area contributed by atoms with Crippen molar-refractivity contribution in [2.24, 2.45) is 10.8 Å². The molecule has 6 atom stereocenters. The lowest BCUT2D eigenvalue weighted by atomic mass is 9.87. The lowest BCUT2D eigenvalue weighted by Crippen LogP contribution is -2.26. The molecule has 7 heteroatoms. The van der Waals surface area contributed by atoms with Crippen LogP contribution in [0.2, 0.25) is 0 Å². The Morgan fingerprint density at radius 3 is 1.50 bits per heavy atom. The molecule has 2 aliphatic heterocycles. The Bertz CT molecular complexity index is 612. The van der Waals surface area contributed by atoms with Crippen molar-refractivity contribution in [3.8, 4) is 0 Å². The van der Waals surface area contributed by atoms with Crippen molar-refractivity contribution in [1.29, 1.82) is 0 Å². The van der Waals surface area contributed by atoms with Gasteiger partial charge in [0.2, 0.25) is 0 Å². The number of rotatable bonds is 16. The number of aliphatic hydroxyl groups excluding tert-OH is 1. The van der Waals surface area contributed by atoms with E-state index < -0.39 is 33.7 Å². The highest BCUT2D eigenvalue weighted by atomic mass is 32.2. The largest absolute Gasteiger partial charge is 0.616 e. The molecule has 34 heavy (non-hydrogen) atoms. The molecule has 0 saturated carbocycles. The third kappa shape index (κ3) is 9.49. The number of carboxylic acid groups (broad SMARTS) is 1. The Morgan fingerprint density at radius 2 is 1.12 bits per heavy atom. The Morgan fingerprint density at radius 1 is 0.735 bits per heavy atom. The molecule has 0 aliphatic carbocycles. The summed E-state index contributed by atoms with van der Waals surface area (Å²) in [4.78, 5) is 11.2. The van der Waals surface area contributed by atoms with E-state index >= 15 is 0 Å². The smallest absolute Gasteiger partial charge is 0.309 e. The molecule has 0 radical (unpaired) electrons. The van der Waals surface area contributed by atoms with Gasteiger partial charge >= 0.3 is 5.97 Å². The maximum absolute atomic E-state index is 12.9. The summed E-state index contributed by atoms with van der Waals surface area (Å²) >= 11 is -1.50. The summed E-state index contributed by atoms with van der Waals surface area (Å²) in [6, 6.07) is 0. The molecule has 2 heterocycles. The fourth-order valence-corrected chi connectivity index (χ4v) is 9.63. The molecule has 0 aromatic heterocycles. The minimum Gasteiger partial charge on any atom is -0.616 e. The van der Waals surface area contributed by atoms with Gasteiger partial charge in [-0.2, -0.15) is 0 Å². The average Bonchev–Trinajstić information content (AvgIpc) is 3.31. The Balaban J connectivity index is 1.59. The van der Waals surface area contributed by atoms with Gasteiger partial charge in [-0.15, -0.1) is 0 Å². The van der Waals surface area contributed by atoms with Crippen molar-refractivity contribution in [3.63, 3.8) is 0 Å². The Kier molecular flexibility index (Phi) is 12.6. The van der Waals surface area contributed by atoms with E-state index in [9.17, 15) is 24.1 Å². The van der Waals surface area contributed by atoms with Gasteiger partial charge in [0.15, 0.2) is 0 Å². The van der Waals surface area contributed by atoms with Gasteiger partial charge < -0.3 is 19.3 Å². The zero-order valence-corrected chi connectivity index (χ0v) is 23.7. The highest BCUT2D eigenvalue weighted by Crippen LogP contribution is 2.37. The zero-order valence-electron chi connectivity index (χ0n) is 22.1. The van der Waals surface area contributed by atoms with Gasteiger partial charge in [0.25, 0.3) is 0 Å². The van der Waals surface area contributed by atoms with E-state index in [1.807, 2.05) is 0 Å². The van der Waals surface area contributed by atoms with Crippen LogP contribution >= 0.6 is 0 Å². The first-order valence-electron chi connectivity index (χ1n) is 13.6. The Labute approximate surface area is 214 Å². The number of hydrogen-bond donors (Lipinski definition) is 2. The SMILES string of the molecule is CC(C)(CO)CCCCC1CCC(CCCC2CCC(CCCCC(C)(C)C(=O)O)[S+]2[O-])[S+]1[O-]. The van der Waals surface area contributed by atoms with Crippen LogP contribution in [0.4, 0.5) is 0 Å². The van der Waals surface area contributed by atoms with Gasteiger partial charge in [-0.25, -0.2) is 0 Å². The van der Waals surface area contributed by atoms with Crippen LogP contribution in [0, 0.1) is 10.8 Å². The van der Waals surface area contributed by atoms with Crippen LogP contribution in [0.1, 0.15) is 124 Å². The summed E-state index contributed by atoms with van der Waals surface area (Å²) < 4.78 is 25.9. The van der Waals surface area contributed by atoms with E-state index in [-0.39, 0.29) is 17.3 Å².